The number of nitrogen functional groups attached to an aromatic ring is 1. The van der Waals surface area contributed by atoms with Gasteiger partial charge in [0.1, 0.15) is 22.9 Å². The van der Waals surface area contributed by atoms with Crippen molar-refractivity contribution in [1.29, 1.82) is 0 Å². The average Bonchev–Trinajstić information content (AvgIpc) is 2.75. The van der Waals surface area contributed by atoms with Crippen molar-refractivity contribution in [3.63, 3.8) is 0 Å². The molecule has 2 N–H and O–H groups in total. The summed E-state index contributed by atoms with van der Waals surface area (Å²) in [6.07, 6.45) is 1.92. The Hall–Kier alpha value is -2.20. The van der Waals surface area contributed by atoms with Crippen LogP contribution >= 0.6 is 11.6 Å². The number of halogens is 1. The van der Waals surface area contributed by atoms with E-state index < -0.39 is 0 Å². The number of aromatic nitrogens is 2. The zero-order valence-electron chi connectivity index (χ0n) is 11.2. The molecule has 0 aliphatic heterocycles. The van der Waals surface area contributed by atoms with Crippen molar-refractivity contribution >= 4 is 23.1 Å². The highest BCUT2D eigenvalue weighted by Gasteiger charge is 2.13. The van der Waals surface area contributed by atoms with Crippen molar-refractivity contribution in [2.24, 2.45) is 0 Å². The molecule has 2 aromatic heterocycles. The van der Waals surface area contributed by atoms with E-state index in [9.17, 15) is 0 Å². The lowest BCUT2D eigenvalue weighted by Crippen LogP contribution is -1.94. The van der Waals surface area contributed by atoms with E-state index in [2.05, 4.69) is 4.98 Å². The molecule has 0 radical (unpaired) electrons. The van der Waals surface area contributed by atoms with Gasteiger partial charge in [-0.25, -0.2) is 4.98 Å². The van der Waals surface area contributed by atoms with Gasteiger partial charge >= 0.3 is 0 Å². The maximum atomic E-state index is 6.17. The Kier molecular flexibility index (Phi) is 3.03. The van der Waals surface area contributed by atoms with Crippen LogP contribution in [0.5, 0.6) is 5.75 Å². The maximum absolute atomic E-state index is 6.17. The Bertz CT molecular complexity index is 795. The first-order valence-corrected chi connectivity index (χ1v) is 6.56. The third-order valence-corrected chi connectivity index (χ3v) is 3.54. The highest BCUT2D eigenvalue weighted by atomic mass is 35.5. The minimum atomic E-state index is 0.539. The Balaban J connectivity index is 2.19. The molecule has 0 spiro atoms. The molecule has 20 heavy (non-hydrogen) atoms. The Morgan fingerprint density at radius 2 is 2.05 bits per heavy atom. The largest absolute Gasteiger partial charge is 0.495 e. The number of rotatable bonds is 2. The van der Waals surface area contributed by atoms with Crippen molar-refractivity contribution in [2.45, 2.75) is 6.92 Å². The van der Waals surface area contributed by atoms with E-state index in [-0.39, 0.29) is 0 Å². The van der Waals surface area contributed by atoms with Crippen molar-refractivity contribution in [3.05, 3.63) is 47.1 Å². The number of hydrogen-bond acceptors (Lipinski definition) is 3. The molecule has 0 aliphatic rings. The van der Waals surface area contributed by atoms with Gasteiger partial charge < -0.3 is 10.5 Å². The van der Waals surface area contributed by atoms with Gasteiger partial charge in [-0.15, -0.1) is 0 Å². The number of pyridine rings is 1. The minimum absolute atomic E-state index is 0.539. The Labute approximate surface area is 121 Å². The van der Waals surface area contributed by atoms with Crippen LogP contribution in [0.4, 0.5) is 5.82 Å². The summed E-state index contributed by atoms with van der Waals surface area (Å²) >= 11 is 6.16. The standard InChI is InChI=1S/C15H14ClN3O/c1-9-5-6-19-13(7-9)18-14(15(19)17)10-3-4-12(20-2)11(16)8-10/h3-8H,17H2,1-2H3. The fourth-order valence-electron chi connectivity index (χ4n) is 2.19. The van der Waals surface area contributed by atoms with Crippen LogP contribution in [0.2, 0.25) is 5.02 Å². The summed E-state index contributed by atoms with van der Waals surface area (Å²) < 4.78 is 7.01. The van der Waals surface area contributed by atoms with Crippen LogP contribution in [0.3, 0.4) is 0 Å². The number of ether oxygens (including phenoxy) is 1. The van der Waals surface area contributed by atoms with Crippen molar-refractivity contribution in [2.75, 3.05) is 12.8 Å². The predicted molar refractivity (Wildman–Crippen MR) is 81.3 cm³/mol. The molecule has 4 nitrogen and oxygen atoms in total. The number of hydrogen-bond donors (Lipinski definition) is 1. The third kappa shape index (κ3) is 1.98. The van der Waals surface area contributed by atoms with Crippen LogP contribution in [0.25, 0.3) is 16.9 Å². The molecule has 0 saturated carbocycles. The number of anilines is 1. The van der Waals surface area contributed by atoms with E-state index >= 15 is 0 Å². The number of nitrogens with zero attached hydrogens (tertiary/aromatic N) is 2. The quantitative estimate of drug-likeness (QED) is 0.784. The Morgan fingerprint density at radius 1 is 1.25 bits per heavy atom. The smallest absolute Gasteiger partial charge is 0.139 e. The van der Waals surface area contributed by atoms with Gasteiger partial charge in [-0.3, -0.25) is 4.40 Å². The molecule has 0 aliphatic carbocycles. The van der Waals surface area contributed by atoms with Crippen molar-refractivity contribution in [3.8, 4) is 17.0 Å². The molecular formula is C15H14ClN3O. The van der Waals surface area contributed by atoms with Crippen LogP contribution < -0.4 is 10.5 Å². The molecular weight excluding hydrogens is 274 g/mol. The number of benzene rings is 1. The summed E-state index contributed by atoms with van der Waals surface area (Å²) in [4.78, 5) is 4.58. The van der Waals surface area contributed by atoms with Gasteiger partial charge in [0, 0.05) is 11.8 Å². The fraction of sp³-hybridized carbons (Fsp3) is 0.133. The minimum Gasteiger partial charge on any atom is -0.495 e. The topological polar surface area (TPSA) is 52.5 Å². The van der Waals surface area contributed by atoms with Gasteiger partial charge in [-0.05, 0) is 42.8 Å². The van der Waals surface area contributed by atoms with E-state index in [1.807, 2.05) is 47.9 Å². The highest BCUT2D eigenvalue weighted by molar-refractivity contribution is 6.32. The fourth-order valence-corrected chi connectivity index (χ4v) is 2.45. The van der Waals surface area contributed by atoms with E-state index in [0.29, 0.717) is 16.6 Å². The highest BCUT2D eigenvalue weighted by Crippen LogP contribution is 2.32. The summed E-state index contributed by atoms with van der Waals surface area (Å²) in [5.41, 5.74) is 9.72. The molecule has 3 aromatic rings. The van der Waals surface area contributed by atoms with Crippen LogP contribution in [-0.2, 0) is 0 Å². The predicted octanol–water partition coefficient (Wildman–Crippen LogP) is 3.55. The summed E-state index contributed by atoms with van der Waals surface area (Å²) in [5, 5.41) is 0.539. The normalized spacial score (nSPS) is 10.9. The molecule has 0 atom stereocenters. The molecule has 1 aromatic carbocycles. The van der Waals surface area contributed by atoms with Gasteiger partial charge in [0.05, 0.1) is 12.1 Å². The molecule has 0 saturated heterocycles. The molecule has 0 fully saturated rings. The van der Waals surface area contributed by atoms with E-state index in [0.717, 1.165) is 22.5 Å². The van der Waals surface area contributed by atoms with Crippen LogP contribution in [0.1, 0.15) is 5.56 Å². The van der Waals surface area contributed by atoms with Crippen LogP contribution in [0.15, 0.2) is 36.5 Å². The first-order chi connectivity index (χ1) is 9.60. The molecule has 5 heteroatoms. The lowest BCUT2D eigenvalue weighted by Gasteiger charge is -2.05. The van der Waals surface area contributed by atoms with E-state index in [1.54, 1.807) is 7.11 Å². The first kappa shape index (κ1) is 12.8. The second-order valence-corrected chi connectivity index (χ2v) is 5.03. The van der Waals surface area contributed by atoms with Gasteiger partial charge in [0.25, 0.3) is 0 Å². The summed E-state index contributed by atoms with van der Waals surface area (Å²) in [7, 11) is 1.59. The van der Waals surface area contributed by atoms with Gasteiger partial charge in [-0.1, -0.05) is 11.6 Å². The average molecular weight is 288 g/mol. The molecule has 2 heterocycles. The monoisotopic (exact) mass is 287 g/mol. The molecule has 3 rings (SSSR count). The van der Waals surface area contributed by atoms with E-state index in [1.165, 1.54) is 0 Å². The number of fused-ring (bicyclic) bond motifs is 1. The van der Waals surface area contributed by atoms with Crippen molar-refractivity contribution in [1.82, 2.24) is 9.38 Å². The number of nitrogens with two attached hydrogens (primary N) is 1. The molecule has 102 valence electrons. The van der Waals surface area contributed by atoms with E-state index in [4.69, 9.17) is 22.1 Å². The lowest BCUT2D eigenvalue weighted by molar-refractivity contribution is 0.415. The molecule has 0 bridgehead atoms. The summed E-state index contributed by atoms with van der Waals surface area (Å²) in [6, 6.07) is 9.51. The third-order valence-electron chi connectivity index (χ3n) is 3.24. The van der Waals surface area contributed by atoms with Gasteiger partial charge in [-0.2, -0.15) is 0 Å². The Morgan fingerprint density at radius 3 is 2.75 bits per heavy atom. The number of aryl methyl sites for hydroxylation is 1. The second kappa shape index (κ2) is 4.72. The summed E-state index contributed by atoms with van der Waals surface area (Å²) in [6.45, 7) is 2.02. The van der Waals surface area contributed by atoms with Crippen molar-refractivity contribution < 1.29 is 4.74 Å². The second-order valence-electron chi connectivity index (χ2n) is 4.63. The number of methoxy groups -OCH3 is 1. The molecule has 0 amide bonds. The zero-order chi connectivity index (χ0) is 14.3. The first-order valence-electron chi connectivity index (χ1n) is 6.18. The lowest BCUT2D eigenvalue weighted by atomic mass is 10.1. The van der Waals surface area contributed by atoms with Crippen LogP contribution in [-0.4, -0.2) is 16.5 Å². The maximum Gasteiger partial charge on any atom is 0.139 e. The SMILES string of the molecule is COc1ccc(-c2nc3cc(C)ccn3c2N)cc1Cl. The van der Waals surface area contributed by atoms with Gasteiger partial charge in [0.2, 0.25) is 0 Å². The zero-order valence-corrected chi connectivity index (χ0v) is 12.0. The summed E-state index contributed by atoms with van der Waals surface area (Å²) in [5.74, 6) is 1.23. The van der Waals surface area contributed by atoms with Crippen LogP contribution in [0, 0.1) is 6.92 Å². The number of imidazole rings is 1. The van der Waals surface area contributed by atoms with Gasteiger partial charge in [0.15, 0.2) is 0 Å². The molecule has 0 unspecified atom stereocenters.